The molecule has 33 heavy (non-hydrogen) atoms. The topological polar surface area (TPSA) is 82.4 Å². The average molecular weight is 471 g/mol. The minimum Gasteiger partial charge on any atom is -0.274 e. The second-order valence-electron chi connectivity index (χ2n) is 7.30. The van der Waals surface area contributed by atoms with E-state index in [0.717, 1.165) is 0 Å². The molecule has 5 rings (SSSR count). The molecule has 0 saturated heterocycles. The number of hydrogen-bond acceptors (Lipinski definition) is 5. The van der Waals surface area contributed by atoms with Crippen molar-refractivity contribution in [3.05, 3.63) is 93.5 Å². The standard InChI is InChI=1S/C23H12F3NO5S/c24-23(25,26)33(30,31)32-27-21(28)17-11-9-13-5-1-3-7-15(13)19(17)20-16-8-4-2-6-14(16)10-12-18(20)22(27)29/h1-12H. The molecule has 0 spiro atoms. The third-order valence-electron chi connectivity index (χ3n) is 5.39. The molecule has 0 atom stereocenters. The Kier molecular flexibility index (Phi) is 4.47. The number of benzene rings is 4. The van der Waals surface area contributed by atoms with Gasteiger partial charge in [0.1, 0.15) is 0 Å². The minimum absolute atomic E-state index is 0.172. The zero-order valence-electron chi connectivity index (χ0n) is 16.5. The van der Waals surface area contributed by atoms with Gasteiger partial charge in [-0.3, -0.25) is 13.9 Å². The number of alkyl halides is 3. The van der Waals surface area contributed by atoms with E-state index in [9.17, 15) is 31.2 Å². The highest BCUT2D eigenvalue weighted by atomic mass is 32.2. The smallest absolute Gasteiger partial charge is 0.274 e. The van der Waals surface area contributed by atoms with E-state index in [-0.39, 0.29) is 15.5 Å². The van der Waals surface area contributed by atoms with Gasteiger partial charge in [0, 0.05) is 10.8 Å². The summed E-state index contributed by atoms with van der Waals surface area (Å²) in [5, 5.41) is 2.82. The molecule has 1 heterocycles. The molecular formula is C23H12F3NO5S. The van der Waals surface area contributed by atoms with Crippen LogP contribution in [0.1, 0.15) is 0 Å². The van der Waals surface area contributed by atoms with Gasteiger partial charge >= 0.3 is 15.6 Å². The van der Waals surface area contributed by atoms with E-state index < -0.39 is 26.7 Å². The molecule has 0 bridgehead atoms. The van der Waals surface area contributed by atoms with Crippen LogP contribution in [0.5, 0.6) is 0 Å². The van der Waals surface area contributed by atoms with Crippen LogP contribution in [0.3, 0.4) is 0 Å². The predicted molar refractivity (Wildman–Crippen MR) is 119 cm³/mol. The number of rotatable bonds is 2. The van der Waals surface area contributed by atoms with Gasteiger partial charge in [-0.1, -0.05) is 65.4 Å². The zero-order chi connectivity index (χ0) is 23.5. The summed E-state index contributed by atoms with van der Waals surface area (Å²) in [5.74, 6) is 0. The van der Waals surface area contributed by atoms with Crippen LogP contribution in [0.4, 0.5) is 13.2 Å². The van der Waals surface area contributed by atoms with Crippen molar-refractivity contribution < 1.29 is 25.9 Å². The van der Waals surface area contributed by atoms with Gasteiger partial charge in [0.2, 0.25) is 0 Å². The lowest BCUT2D eigenvalue weighted by Gasteiger charge is -2.08. The monoisotopic (exact) mass is 471 g/mol. The first-order valence-electron chi connectivity index (χ1n) is 9.54. The van der Waals surface area contributed by atoms with Gasteiger partial charge in [-0.15, -0.1) is 0 Å². The van der Waals surface area contributed by atoms with Crippen LogP contribution in [0.15, 0.2) is 82.4 Å². The largest absolute Gasteiger partial charge is 0.536 e. The molecule has 0 unspecified atom stereocenters. The van der Waals surface area contributed by atoms with E-state index in [4.69, 9.17) is 0 Å². The van der Waals surface area contributed by atoms with Gasteiger partial charge < -0.3 is 0 Å². The van der Waals surface area contributed by atoms with Crippen LogP contribution in [0, 0.1) is 0 Å². The van der Waals surface area contributed by atoms with Gasteiger partial charge in [0.15, 0.2) is 0 Å². The first kappa shape index (κ1) is 21.0. The fourth-order valence-corrected chi connectivity index (χ4v) is 4.37. The Balaban J connectivity index is 2.12. The van der Waals surface area contributed by atoms with Gasteiger partial charge in [-0.25, -0.2) is 0 Å². The summed E-state index contributed by atoms with van der Waals surface area (Å²) >= 11 is 0. The summed E-state index contributed by atoms with van der Waals surface area (Å²) in [6.45, 7) is 0. The number of halogens is 3. The second-order valence-corrected chi connectivity index (χ2v) is 8.82. The molecule has 0 amide bonds. The molecule has 6 nitrogen and oxygen atoms in total. The van der Waals surface area contributed by atoms with Crippen molar-refractivity contribution in [1.82, 2.24) is 4.73 Å². The SMILES string of the molecule is O=c1c2ccc3ccccc3c2c2c(ccc3ccccc32)c(=O)n1OS(=O)(=O)C(F)(F)F. The zero-order valence-corrected chi connectivity index (χ0v) is 17.3. The fraction of sp³-hybridized carbons (Fsp3) is 0.0435. The highest BCUT2D eigenvalue weighted by Gasteiger charge is 2.49. The lowest BCUT2D eigenvalue weighted by atomic mass is 9.96. The molecule has 166 valence electrons. The molecule has 0 N–H and O–H groups in total. The number of fused-ring (bicyclic) bond motifs is 7. The Bertz CT molecular complexity index is 1730. The first-order valence-corrected chi connectivity index (χ1v) is 10.9. The molecule has 4 aromatic carbocycles. The summed E-state index contributed by atoms with van der Waals surface area (Å²) in [6.07, 6.45) is 0. The van der Waals surface area contributed by atoms with E-state index in [1.165, 1.54) is 12.1 Å². The fourth-order valence-electron chi connectivity index (χ4n) is 3.96. The summed E-state index contributed by atoms with van der Waals surface area (Å²) < 4.78 is 66.1. The molecule has 0 aliphatic rings. The summed E-state index contributed by atoms with van der Waals surface area (Å²) in [6, 6.07) is 19.7. The Hall–Kier alpha value is -3.92. The van der Waals surface area contributed by atoms with Crippen molar-refractivity contribution in [3.63, 3.8) is 0 Å². The third-order valence-corrected chi connectivity index (χ3v) is 6.31. The van der Waals surface area contributed by atoms with Gasteiger partial charge in [-0.05, 0) is 33.7 Å². The van der Waals surface area contributed by atoms with Crippen molar-refractivity contribution >= 4 is 53.2 Å². The van der Waals surface area contributed by atoms with Gasteiger partial charge in [-0.2, -0.15) is 21.6 Å². The summed E-state index contributed by atoms with van der Waals surface area (Å²) in [5.41, 5.74) is -8.49. The lowest BCUT2D eigenvalue weighted by Crippen LogP contribution is -2.43. The van der Waals surface area contributed by atoms with Gasteiger partial charge in [0.25, 0.3) is 11.1 Å². The number of aromatic nitrogens is 1. The van der Waals surface area contributed by atoms with Crippen molar-refractivity contribution in [2.24, 2.45) is 0 Å². The highest BCUT2D eigenvalue weighted by molar-refractivity contribution is 7.87. The first-order chi connectivity index (χ1) is 15.6. The van der Waals surface area contributed by atoms with E-state index >= 15 is 0 Å². The molecule has 0 radical (unpaired) electrons. The lowest BCUT2D eigenvalue weighted by molar-refractivity contribution is -0.0551. The van der Waals surface area contributed by atoms with Crippen LogP contribution in [-0.2, 0) is 10.1 Å². The van der Waals surface area contributed by atoms with Crippen molar-refractivity contribution in [2.45, 2.75) is 5.51 Å². The van der Waals surface area contributed by atoms with Crippen LogP contribution in [0.25, 0.3) is 43.1 Å². The maximum absolute atomic E-state index is 13.2. The highest BCUT2D eigenvalue weighted by Crippen LogP contribution is 2.33. The molecule has 1 aromatic heterocycles. The number of nitrogens with zero attached hydrogens (tertiary/aromatic N) is 1. The van der Waals surface area contributed by atoms with E-state index in [0.29, 0.717) is 32.3 Å². The molecule has 10 heteroatoms. The molecule has 0 aliphatic carbocycles. The minimum atomic E-state index is -6.29. The van der Waals surface area contributed by atoms with Crippen LogP contribution in [-0.4, -0.2) is 18.7 Å². The number of hydrogen-bond donors (Lipinski definition) is 0. The van der Waals surface area contributed by atoms with Crippen molar-refractivity contribution in [2.75, 3.05) is 0 Å². The van der Waals surface area contributed by atoms with E-state index in [2.05, 4.69) is 4.28 Å². The Morgan fingerprint density at radius 1 is 0.636 bits per heavy atom. The molecule has 5 aromatic rings. The van der Waals surface area contributed by atoms with Gasteiger partial charge in [0.05, 0.1) is 10.8 Å². The molecular weight excluding hydrogens is 459 g/mol. The van der Waals surface area contributed by atoms with Crippen molar-refractivity contribution in [3.8, 4) is 0 Å². The predicted octanol–water partition coefficient (Wildman–Crippen LogP) is 4.10. The molecule has 0 saturated carbocycles. The van der Waals surface area contributed by atoms with Crippen molar-refractivity contribution in [1.29, 1.82) is 0 Å². The third kappa shape index (κ3) is 3.13. The van der Waals surface area contributed by atoms with E-state index in [1.54, 1.807) is 60.7 Å². The Morgan fingerprint density at radius 2 is 1.06 bits per heavy atom. The Labute approximate surface area is 183 Å². The Morgan fingerprint density at radius 3 is 1.48 bits per heavy atom. The van der Waals surface area contributed by atoms with Crippen LogP contribution >= 0.6 is 0 Å². The second kappa shape index (κ2) is 7.04. The van der Waals surface area contributed by atoms with Crippen LogP contribution in [0.2, 0.25) is 0 Å². The maximum Gasteiger partial charge on any atom is 0.536 e. The summed E-state index contributed by atoms with van der Waals surface area (Å²) in [7, 11) is -6.29. The quantitative estimate of drug-likeness (QED) is 0.362. The summed E-state index contributed by atoms with van der Waals surface area (Å²) in [4.78, 5) is 26.5. The van der Waals surface area contributed by atoms with Crippen LogP contribution < -0.4 is 15.4 Å². The maximum atomic E-state index is 13.2. The molecule has 0 fully saturated rings. The normalized spacial score (nSPS) is 12.6. The molecule has 0 aliphatic heterocycles. The van der Waals surface area contributed by atoms with E-state index in [1.807, 2.05) is 0 Å². The average Bonchev–Trinajstić information content (AvgIpc) is 2.87.